The highest BCUT2D eigenvalue weighted by Gasteiger charge is 2.49. The van der Waals surface area contributed by atoms with Crippen molar-refractivity contribution in [2.45, 2.75) is 24.6 Å². The summed E-state index contributed by atoms with van der Waals surface area (Å²) in [6.45, 7) is 0. The molecule has 0 saturated heterocycles. The largest absolute Gasteiger partial charge is 0.398 e. The molecule has 1 aliphatic rings. The summed E-state index contributed by atoms with van der Waals surface area (Å²) < 4.78 is 37.6. The maximum atomic E-state index is 12.5. The fourth-order valence-corrected chi connectivity index (χ4v) is 1.97. The van der Waals surface area contributed by atoms with E-state index < -0.39 is 18.2 Å². The molecular weight excluding hydrogens is 193 g/mol. The van der Waals surface area contributed by atoms with Crippen LogP contribution in [-0.4, -0.2) is 17.4 Å². The van der Waals surface area contributed by atoms with Crippen molar-refractivity contribution in [2.75, 3.05) is 0 Å². The van der Waals surface area contributed by atoms with Gasteiger partial charge in [0, 0.05) is 0 Å². The van der Waals surface area contributed by atoms with Gasteiger partial charge >= 0.3 is 6.18 Å². The molecule has 0 spiro atoms. The lowest BCUT2D eigenvalue weighted by Crippen LogP contribution is -2.28. The SMILES string of the molecule is OC1Cc2ccccc2C1C(F)(F)F. The fraction of sp³-hybridized carbons (Fsp3) is 0.400. The lowest BCUT2D eigenvalue weighted by molar-refractivity contribution is -0.168. The Morgan fingerprint density at radius 3 is 2.50 bits per heavy atom. The number of aliphatic hydroxyl groups excluding tert-OH is 1. The highest BCUT2D eigenvalue weighted by molar-refractivity contribution is 5.37. The summed E-state index contributed by atoms with van der Waals surface area (Å²) in [6, 6.07) is 6.31. The monoisotopic (exact) mass is 202 g/mol. The molecular formula is C10H9F3O. The van der Waals surface area contributed by atoms with Crippen LogP contribution in [-0.2, 0) is 6.42 Å². The van der Waals surface area contributed by atoms with Crippen molar-refractivity contribution in [1.82, 2.24) is 0 Å². The molecule has 1 nitrogen and oxygen atoms in total. The van der Waals surface area contributed by atoms with Crippen LogP contribution in [0.1, 0.15) is 17.0 Å². The van der Waals surface area contributed by atoms with E-state index in [-0.39, 0.29) is 12.0 Å². The Morgan fingerprint density at radius 1 is 1.21 bits per heavy atom. The standard InChI is InChI=1S/C10H9F3O/c11-10(12,13)9-7-4-2-1-3-6(7)5-8(9)14/h1-4,8-9,14H,5H2. The molecule has 76 valence electrons. The number of aliphatic hydroxyl groups is 1. The van der Waals surface area contributed by atoms with Crippen LogP contribution >= 0.6 is 0 Å². The molecule has 4 heteroatoms. The zero-order valence-electron chi connectivity index (χ0n) is 7.25. The topological polar surface area (TPSA) is 20.2 Å². The van der Waals surface area contributed by atoms with Gasteiger partial charge in [0.15, 0.2) is 0 Å². The molecule has 2 rings (SSSR count). The van der Waals surface area contributed by atoms with Gasteiger partial charge in [-0.25, -0.2) is 0 Å². The lowest BCUT2D eigenvalue weighted by Gasteiger charge is -2.19. The summed E-state index contributed by atoms with van der Waals surface area (Å²) >= 11 is 0. The molecule has 0 radical (unpaired) electrons. The number of hydrogen-bond donors (Lipinski definition) is 1. The van der Waals surface area contributed by atoms with Crippen LogP contribution in [0.25, 0.3) is 0 Å². The molecule has 1 N–H and O–H groups in total. The molecule has 0 saturated carbocycles. The zero-order valence-corrected chi connectivity index (χ0v) is 7.25. The summed E-state index contributed by atoms with van der Waals surface area (Å²) in [5.41, 5.74) is 0.815. The molecule has 0 bridgehead atoms. The number of halogens is 3. The van der Waals surface area contributed by atoms with Gasteiger partial charge in [0.2, 0.25) is 0 Å². The molecule has 1 aromatic rings. The minimum Gasteiger partial charge on any atom is -0.392 e. The van der Waals surface area contributed by atoms with Crippen LogP contribution in [0.4, 0.5) is 13.2 Å². The number of rotatable bonds is 0. The molecule has 0 fully saturated rings. The molecule has 1 aromatic carbocycles. The number of hydrogen-bond acceptors (Lipinski definition) is 1. The first-order valence-corrected chi connectivity index (χ1v) is 4.32. The Hall–Kier alpha value is -1.03. The van der Waals surface area contributed by atoms with Gasteiger partial charge in [-0.2, -0.15) is 13.2 Å². The minimum atomic E-state index is -4.36. The number of alkyl halides is 3. The molecule has 0 amide bonds. The van der Waals surface area contributed by atoms with Crippen molar-refractivity contribution in [3.8, 4) is 0 Å². The maximum absolute atomic E-state index is 12.5. The van der Waals surface area contributed by atoms with E-state index in [0.717, 1.165) is 0 Å². The van der Waals surface area contributed by atoms with E-state index in [1.165, 1.54) is 6.07 Å². The highest BCUT2D eigenvalue weighted by Crippen LogP contribution is 2.44. The van der Waals surface area contributed by atoms with Crippen LogP contribution in [0.2, 0.25) is 0 Å². The van der Waals surface area contributed by atoms with E-state index in [2.05, 4.69) is 0 Å². The number of benzene rings is 1. The van der Waals surface area contributed by atoms with E-state index in [0.29, 0.717) is 5.56 Å². The van der Waals surface area contributed by atoms with Gasteiger partial charge in [0.05, 0.1) is 6.10 Å². The minimum absolute atomic E-state index is 0.0976. The van der Waals surface area contributed by atoms with Crippen molar-refractivity contribution < 1.29 is 18.3 Å². The predicted molar refractivity (Wildman–Crippen MR) is 44.9 cm³/mol. The molecule has 0 aliphatic heterocycles. The van der Waals surface area contributed by atoms with Gasteiger partial charge in [0.25, 0.3) is 0 Å². The van der Waals surface area contributed by atoms with Crippen molar-refractivity contribution >= 4 is 0 Å². The van der Waals surface area contributed by atoms with E-state index in [1.54, 1.807) is 18.2 Å². The summed E-state index contributed by atoms with van der Waals surface area (Å²) in [5, 5.41) is 9.33. The second-order valence-electron chi connectivity index (χ2n) is 3.49. The first-order chi connectivity index (χ1) is 6.50. The van der Waals surface area contributed by atoms with Crippen molar-refractivity contribution in [3.05, 3.63) is 35.4 Å². The molecule has 2 unspecified atom stereocenters. The quantitative estimate of drug-likeness (QED) is 0.684. The van der Waals surface area contributed by atoms with E-state index in [4.69, 9.17) is 0 Å². The second-order valence-corrected chi connectivity index (χ2v) is 3.49. The Balaban J connectivity index is 2.45. The average molecular weight is 202 g/mol. The third-order valence-corrected chi connectivity index (χ3v) is 2.56. The Morgan fingerprint density at radius 2 is 1.86 bits per heavy atom. The molecule has 2 atom stereocenters. The maximum Gasteiger partial charge on any atom is 0.398 e. The normalized spacial score (nSPS) is 26.3. The van der Waals surface area contributed by atoms with Gasteiger partial charge in [-0.1, -0.05) is 24.3 Å². The van der Waals surface area contributed by atoms with Crippen LogP contribution in [0.15, 0.2) is 24.3 Å². The fourth-order valence-electron chi connectivity index (χ4n) is 1.97. The lowest BCUT2D eigenvalue weighted by atomic mass is 9.99. The van der Waals surface area contributed by atoms with Crippen LogP contribution in [0.3, 0.4) is 0 Å². The third-order valence-electron chi connectivity index (χ3n) is 2.56. The number of fused-ring (bicyclic) bond motifs is 1. The molecule has 14 heavy (non-hydrogen) atoms. The van der Waals surface area contributed by atoms with Gasteiger partial charge in [-0.15, -0.1) is 0 Å². The summed E-state index contributed by atoms with van der Waals surface area (Å²) in [7, 11) is 0. The van der Waals surface area contributed by atoms with Gasteiger partial charge < -0.3 is 5.11 Å². The second kappa shape index (κ2) is 2.98. The van der Waals surface area contributed by atoms with Crippen molar-refractivity contribution in [1.29, 1.82) is 0 Å². The first-order valence-electron chi connectivity index (χ1n) is 4.32. The van der Waals surface area contributed by atoms with Gasteiger partial charge in [0.1, 0.15) is 5.92 Å². The van der Waals surface area contributed by atoms with Crippen molar-refractivity contribution in [3.63, 3.8) is 0 Å². The van der Waals surface area contributed by atoms with E-state index in [1.807, 2.05) is 0 Å². The molecule has 1 aliphatic carbocycles. The highest BCUT2D eigenvalue weighted by atomic mass is 19.4. The third kappa shape index (κ3) is 1.39. The Kier molecular flexibility index (Phi) is 2.03. The van der Waals surface area contributed by atoms with Crippen LogP contribution in [0, 0.1) is 0 Å². The van der Waals surface area contributed by atoms with Crippen LogP contribution in [0.5, 0.6) is 0 Å². The van der Waals surface area contributed by atoms with E-state index in [9.17, 15) is 18.3 Å². The molecule has 0 aromatic heterocycles. The molecule has 0 heterocycles. The van der Waals surface area contributed by atoms with Crippen molar-refractivity contribution in [2.24, 2.45) is 0 Å². The Bertz CT molecular complexity index is 345. The summed E-state index contributed by atoms with van der Waals surface area (Å²) in [5.74, 6) is -1.71. The first kappa shape index (κ1) is 9.52. The summed E-state index contributed by atoms with van der Waals surface area (Å²) in [4.78, 5) is 0. The van der Waals surface area contributed by atoms with Gasteiger partial charge in [-0.05, 0) is 17.5 Å². The summed E-state index contributed by atoms with van der Waals surface area (Å²) in [6.07, 6.45) is -5.58. The van der Waals surface area contributed by atoms with E-state index >= 15 is 0 Å². The van der Waals surface area contributed by atoms with Crippen LogP contribution < -0.4 is 0 Å². The average Bonchev–Trinajstić information content (AvgIpc) is 2.38. The predicted octanol–water partition coefficient (Wildman–Crippen LogP) is 2.25. The smallest absolute Gasteiger partial charge is 0.392 e. The van der Waals surface area contributed by atoms with Gasteiger partial charge in [-0.3, -0.25) is 0 Å². The zero-order chi connectivity index (χ0) is 10.3. The Labute approximate surface area is 79.2 Å².